The van der Waals surface area contributed by atoms with Gasteiger partial charge in [-0.2, -0.15) is 4.37 Å². The van der Waals surface area contributed by atoms with Gasteiger partial charge in [-0.25, -0.2) is 4.98 Å². The first kappa shape index (κ1) is 17.1. The monoisotopic (exact) mass is 389 g/mol. The zero-order chi connectivity index (χ0) is 19.1. The molecule has 0 aliphatic carbocycles. The van der Waals surface area contributed by atoms with E-state index in [1.165, 1.54) is 11.5 Å². The van der Waals surface area contributed by atoms with Crippen molar-refractivity contribution in [1.82, 2.24) is 19.2 Å². The van der Waals surface area contributed by atoms with Gasteiger partial charge in [0, 0.05) is 49.3 Å². The minimum absolute atomic E-state index is 0.0440. The van der Waals surface area contributed by atoms with Crippen molar-refractivity contribution in [2.45, 2.75) is 6.92 Å². The minimum atomic E-state index is 0.0440. The quantitative estimate of drug-likeness (QED) is 0.491. The molecule has 7 heteroatoms. The Morgan fingerprint density at radius 3 is 2.61 bits per heavy atom. The van der Waals surface area contributed by atoms with Gasteiger partial charge < -0.3 is 9.80 Å². The molecule has 0 unspecified atom stereocenters. The van der Waals surface area contributed by atoms with Crippen LogP contribution in [0.3, 0.4) is 0 Å². The Morgan fingerprint density at radius 1 is 1.04 bits per heavy atom. The summed E-state index contributed by atoms with van der Waals surface area (Å²) in [5, 5.41) is 4.14. The van der Waals surface area contributed by atoms with E-state index in [9.17, 15) is 4.79 Å². The van der Waals surface area contributed by atoms with Crippen LogP contribution >= 0.6 is 11.5 Å². The van der Waals surface area contributed by atoms with Gasteiger partial charge in [-0.1, -0.05) is 30.3 Å². The number of anilines is 1. The molecule has 1 saturated heterocycles. The van der Waals surface area contributed by atoms with Crippen LogP contribution in [0.15, 0.2) is 48.7 Å². The Balaban J connectivity index is 1.46. The molecule has 0 N–H and O–H groups in total. The molecule has 0 bridgehead atoms. The molecule has 0 radical (unpaired) electrons. The summed E-state index contributed by atoms with van der Waals surface area (Å²) >= 11 is 1.42. The maximum absolute atomic E-state index is 13.3. The van der Waals surface area contributed by atoms with E-state index in [-0.39, 0.29) is 5.91 Å². The van der Waals surface area contributed by atoms with E-state index in [0.29, 0.717) is 18.7 Å². The first-order valence-corrected chi connectivity index (χ1v) is 10.1. The Hall–Kier alpha value is -3.06. The summed E-state index contributed by atoms with van der Waals surface area (Å²) in [6.07, 6.45) is 1.75. The van der Waals surface area contributed by atoms with E-state index in [0.717, 1.165) is 45.7 Å². The van der Waals surface area contributed by atoms with Crippen LogP contribution in [0.1, 0.15) is 16.2 Å². The molecular formula is C21H19N5OS. The van der Waals surface area contributed by atoms with Gasteiger partial charge in [-0.3, -0.25) is 9.78 Å². The number of hydrogen-bond donors (Lipinski definition) is 0. The highest BCUT2D eigenvalue weighted by atomic mass is 32.1. The van der Waals surface area contributed by atoms with Crippen LogP contribution in [0.5, 0.6) is 0 Å². The number of nitrogens with zero attached hydrogens (tertiary/aromatic N) is 5. The van der Waals surface area contributed by atoms with Crippen LogP contribution < -0.4 is 4.90 Å². The SMILES string of the molecule is Cc1nsc(N2CCN(C(=O)c3cc4ccccc4c4cccnc34)CC2)n1. The van der Waals surface area contributed by atoms with Gasteiger partial charge in [0.1, 0.15) is 5.82 Å². The number of pyridine rings is 1. The third-order valence-corrected chi connectivity index (χ3v) is 6.07. The standard InChI is InChI=1S/C21H19N5OS/c1-14-23-21(28-24-14)26-11-9-25(10-12-26)20(27)18-13-15-5-2-3-6-16(15)17-7-4-8-22-19(17)18/h2-8,13H,9-12H2,1H3. The second kappa shape index (κ2) is 6.83. The van der Waals surface area contributed by atoms with Crippen molar-refractivity contribution in [3.05, 3.63) is 60.0 Å². The average molecular weight is 389 g/mol. The number of piperazine rings is 1. The van der Waals surface area contributed by atoms with E-state index in [1.54, 1.807) is 6.20 Å². The van der Waals surface area contributed by atoms with E-state index in [2.05, 4.69) is 25.3 Å². The predicted molar refractivity (Wildman–Crippen MR) is 112 cm³/mol. The summed E-state index contributed by atoms with van der Waals surface area (Å²) in [7, 11) is 0. The van der Waals surface area contributed by atoms with Gasteiger partial charge in [0.05, 0.1) is 11.1 Å². The van der Waals surface area contributed by atoms with E-state index >= 15 is 0 Å². The molecule has 2 aromatic heterocycles. The molecule has 6 nitrogen and oxygen atoms in total. The highest BCUT2D eigenvalue weighted by Gasteiger charge is 2.25. The van der Waals surface area contributed by atoms with Crippen molar-refractivity contribution in [2.75, 3.05) is 31.1 Å². The predicted octanol–water partition coefficient (Wildman–Crippen LogP) is 3.51. The van der Waals surface area contributed by atoms with Gasteiger partial charge in [-0.15, -0.1) is 0 Å². The number of fused-ring (bicyclic) bond motifs is 3. The maximum atomic E-state index is 13.3. The lowest BCUT2D eigenvalue weighted by atomic mass is 10.00. The lowest BCUT2D eigenvalue weighted by Crippen LogP contribution is -2.48. The molecule has 2 aromatic carbocycles. The fraction of sp³-hybridized carbons (Fsp3) is 0.238. The van der Waals surface area contributed by atoms with Gasteiger partial charge in [0.2, 0.25) is 5.13 Å². The lowest BCUT2D eigenvalue weighted by Gasteiger charge is -2.34. The van der Waals surface area contributed by atoms with E-state index < -0.39 is 0 Å². The smallest absolute Gasteiger partial charge is 0.256 e. The summed E-state index contributed by atoms with van der Waals surface area (Å²) in [5.41, 5.74) is 1.45. The Bertz CT molecular complexity index is 1180. The second-order valence-corrected chi connectivity index (χ2v) is 7.68. The molecule has 1 aliphatic rings. The molecule has 5 rings (SSSR count). The third-order valence-electron chi connectivity index (χ3n) is 5.20. The normalized spacial score (nSPS) is 14.8. The molecule has 4 aromatic rings. The van der Waals surface area contributed by atoms with Crippen LogP contribution in [0, 0.1) is 6.92 Å². The molecule has 1 amide bonds. The topological polar surface area (TPSA) is 62.2 Å². The molecule has 140 valence electrons. The summed E-state index contributed by atoms with van der Waals surface area (Å²) in [5.74, 6) is 0.842. The van der Waals surface area contributed by atoms with E-state index in [4.69, 9.17) is 0 Å². The third kappa shape index (κ3) is 2.88. The maximum Gasteiger partial charge on any atom is 0.256 e. The molecule has 1 aliphatic heterocycles. The first-order chi connectivity index (χ1) is 13.7. The van der Waals surface area contributed by atoms with Crippen molar-refractivity contribution < 1.29 is 4.79 Å². The molecule has 0 spiro atoms. The zero-order valence-electron chi connectivity index (χ0n) is 15.5. The second-order valence-electron chi connectivity index (χ2n) is 6.95. The van der Waals surface area contributed by atoms with Crippen molar-refractivity contribution >= 4 is 44.2 Å². The first-order valence-electron chi connectivity index (χ1n) is 9.32. The van der Waals surface area contributed by atoms with Crippen molar-refractivity contribution in [1.29, 1.82) is 0 Å². The largest absolute Gasteiger partial charge is 0.343 e. The van der Waals surface area contributed by atoms with Crippen molar-refractivity contribution in [3.8, 4) is 0 Å². The summed E-state index contributed by atoms with van der Waals surface area (Å²) in [4.78, 5) is 26.5. The molecule has 0 atom stereocenters. The number of carbonyl (C=O) groups excluding carboxylic acids is 1. The summed E-state index contributed by atoms with van der Waals surface area (Å²) in [6, 6.07) is 14.1. The number of hydrogen-bond acceptors (Lipinski definition) is 6. The number of aromatic nitrogens is 3. The fourth-order valence-electron chi connectivity index (χ4n) is 3.78. The number of amides is 1. The minimum Gasteiger partial charge on any atom is -0.343 e. The summed E-state index contributed by atoms with van der Waals surface area (Å²) in [6.45, 7) is 4.76. The molecule has 1 fully saturated rings. The van der Waals surface area contributed by atoms with Crippen LogP contribution in [0.2, 0.25) is 0 Å². The van der Waals surface area contributed by atoms with Crippen LogP contribution in [0.25, 0.3) is 21.7 Å². The number of benzene rings is 2. The fourth-order valence-corrected chi connectivity index (χ4v) is 4.50. The van der Waals surface area contributed by atoms with Crippen molar-refractivity contribution in [3.63, 3.8) is 0 Å². The Morgan fingerprint density at radius 2 is 1.82 bits per heavy atom. The number of rotatable bonds is 2. The van der Waals surface area contributed by atoms with Crippen LogP contribution in [-0.2, 0) is 0 Å². The zero-order valence-corrected chi connectivity index (χ0v) is 16.3. The lowest BCUT2D eigenvalue weighted by molar-refractivity contribution is 0.0748. The van der Waals surface area contributed by atoms with Crippen molar-refractivity contribution in [2.24, 2.45) is 0 Å². The van der Waals surface area contributed by atoms with Crippen LogP contribution in [0.4, 0.5) is 5.13 Å². The van der Waals surface area contributed by atoms with E-state index in [1.807, 2.05) is 48.2 Å². The number of carbonyl (C=O) groups is 1. The average Bonchev–Trinajstić information content (AvgIpc) is 3.19. The molecular weight excluding hydrogens is 370 g/mol. The Kier molecular flexibility index (Phi) is 4.16. The van der Waals surface area contributed by atoms with Gasteiger partial charge >= 0.3 is 0 Å². The number of aryl methyl sites for hydroxylation is 1. The van der Waals surface area contributed by atoms with Crippen LogP contribution in [-0.4, -0.2) is 51.3 Å². The van der Waals surface area contributed by atoms with Gasteiger partial charge in [0.15, 0.2) is 0 Å². The molecule has 0 saturated carbocycles. The van der Waals surface area contributed by atoms with Gasteiger partial charge in [-0.05, 0) is 29.8 Å². The van der Waals surface area contributed by atoms with Gasteiger partial charge in [0.25, 0.3) is 5.91 Å². The highest BCUT2D eigenvalue weighted by molar-refractivity contribution is 7.09. The molecule has 28 heavy (non-hydrogen) atoms. The summed E-state index contributed by atoms with van der Waals surface area (Å²) < 4.78 is 4.26. The Labute approximate surface area is 166 Å². The highest BCUT2D eigenvalue weighted by Crippen LogP contribution is 2.28. The molecule has 3 heterocycles.